The number of carbonyl (C=O) groups is 1. The molecule has 0 unspecified atom stereocenters. The minimum Gasteiger partial charge on any atom is -0.340 e. The van der Waals surface area contributed by atoms with Crippen LogP contribution in [0.5, 0.6) is 0 Å². The van der Waals surface area contributed by atoms with Gasteiger partial charge in [-0.3, -0.25) is 9.69 Å². The zero-order valence-electron chi connectivity index (χ0n) is 12.9. The smallest absolute Gasteiger partial charge is 0.227 e. The van der Waals surface area contributed by atoms with Gasteiger partial charge in [0, 0.05) is 37.6 Å². The number of benzene rings is 1. The number of carbonyl (C=O) groups excluding carboxylic acids is 1. The molecule has 1 aliphatic heterocycles. The molecule has 3 rings (SSSR count). The highest BCUT2D eigenvalue weighted by Gasteiger charge is 2.22. The maximum absolute atomic E-state index is 12.4. The van der Waals surface area contributed by atoms with Gasteiger partial charge < -0.3 is 4.90 Å². The Hall–Kier alpha value is -1.72. The Balaban J connectivity index is 1.49. The summed E-state index contributed by atoms with van der Waals surface area (Å²) in [6, 6.07) is 10.5. The van der Waals surface area contributed by atoms with Crippen molar-refractivity contribution in [3.63, 3.8) is 0 Å². The van der Waals surface area contributed by atoms with Gasteiger partial charge in [0.05, 0.1) is 17.6 Å². The van der Waals surface area contributed by atoms with E-state index in [1.54, 1.807) is 11.3 Å². The molecule has 0 bridgehead atoms. The van der Waals surface area contributed by atoms with Crippen molar-refractivity contribution in [2.75, 3.05) is 26.2 Å². The number of aryl methyl sites for hydroxylation is 1. The molecule has 0 aliphatic carbocycles. The molecule has 1 aromatic heterocycles. The topological polar surface area (TPSA) is 36.4 Å². The molecule has 4 nitrogen and oxygen atoms in total. The van der Waals surface area contributed by atoms with E-state index in [9.17, 15) is 4.79 Å². The van der Waals surface area contributed by atoms with E-state index in [-0.39, 0.29) is 5.91 Å². The first-order chi connectivity index (χ1) is 10.7. The highest BCUT2D eigenvalue weighted by atomic mass is 32.1. The van der Waals surface area contributed by atoms with Crippen molar-refractivity contribution >= 4 is 17.2 Å². The molecule has 1 aromatic carbocycles. The lowest BCUT2D eigenvalue weighted by molar-refractivity contribution is -0.132. The molecule has 0 spiro atoms. The summed E-state index contributed by atoms with van der Waals surface area (Å²) in [6.07, 6.45) is 0.495. The average molecular weight is 315 g/mol. The van der Waals surface area contributed by atoms with Crippen LogP contribution in [0.1, 0.15) is 16.1 Å². The van der Waals surface area contributed by atoms with Crippen LogP contribution in [0, 0.1) is 6.92 Å². The van der Waals surface area contributed by atoms with Gasteiger partial charge in [0.2, 0.25) is 5.91 Å². The quantitative estimate of drug-likeness (QED) is 0.869. The molecular weight excluding hydrogens is 294 g/mol. The molecule has 116 valence electrons. The fourth-order valence-electron chi connectivity index (χ4n) is 2.74. The molecule has 1 saturated heterocycles. The second-order valence-electron chi connectivity index (χ2n) is 5.68. The first-order valence-corrected chi connectivity index (χ1v) is 8.53. The summed E-state index contributed by atoms with van der Waals surface area (Å²) in [6.45, 7) is 6.48. The Kier molecular flexibility index (Phi) is 4.85. The summed E-state index contributed by atoms with van der Waals surface area (Å²) in [5.41, 5.74) is 4.14. The SMILES string of the molecule is Cc1ncsc1CC(=O)N1CCN(Cc2ccccc2)CC1. The second-order valence-corrected chi connectivity index (χ2v) is 6.62. The molecule has 2 aromatic rings. The maximum Gasteiger partial charge on any atom is 0.227 e. The standard InChI is InChI=1S/C17H21N3OS/c1-14-16(22-13-18-14)11-17(21)20-9-7-19(8-10-20)12-15-5-3-2-4-6-15/h2-6,13H,7-12H2,1H3. The third kappa shape index (κ3) is 3.72. The van der Waals surface area contributed by atoms with Crippen molar-refractivity contribution in [3.8, 4) is 0 Å². The van der Waals surface area contributed by atoms with Gasteiger partial charge in [-0.05, 0) is 12.5 Å². The summed E-state index contributed by atoms with van der Waals surface area (Å²) in [7, 11) is 0. The number of thiazole rings is 1. The lowest BCUT2D eigenvalue weighted by Gasteiger charge is -2.34. The number of hydrogen-bond acceptors (Lipinski definition) is 4. The minimum atomic E-state index is 0.228. The molecule has 0 radical (unpaired) electrons. The van der Waals surface area contributed by atoms with Crippen molar-refractivity contribution in [1.82, 2.24) is 14.8 Å². The Morgan fingerprint density at radius 1 is 1.18 bits per heavy atom. The van der Waals surface area contributed by atoms with E-state index in [4.69, 9.17) is 0 Å². The molecule has 0 N–H and O–H groups in total. The van der Waals surface area contributed by atoms with Crippen LogP contribution in [-0.4, -0.2) is 46.9 Å². The lowest BCUT2D eigenvalue weighted by atomic mass is 10.2. The molecule has 0 atom stereocenters. The van der Waals surface area contributed by atoms with E-state index in [1.165, 1.54) is 5.56 Å². The van der Waals surface area contributed by atoms with Crippen molar-refractivity contribution in [1.29, 1.82) is 0 Å². The Morgan fingerprint density at radius 3 is 2.55 bits per heavy atom. The van der Waals surface area contributed by atoms with Crippen molar-refractivity contribution in [3.05, 3.63) is 52.0 Å². The number of rotatable bonds is 4. The van der Waals surface area contributed by atoms with Gasteiger partial charge in [0.15, 0.2) is 0 Å². The summed E-state index contributed by atoms with van der Waals surface area (Å²) >= 11 is 1.58. The van der Waals surface area contributed by atoms with Gasteiger partial charge in [-0.25, -0.2) is 4.98 Å². The van der Waals surface area contributed by atoms with Crippen LogP contribution in [0.3, 0.4) is 0 Å². The first-order valence-electron chi connectivity index (χ1n) is 7.65. The van der Waals surface area contributed by atoms with E-state index in [0.29, 0.717) is 6.42 Å². The van der Waals surface area contributed by atoms with Crippen molar-refractivity contribution in [2.24, 2.45) is 0 Å². The van der Waals surface area contributed by atoms with Crippen LogP contribution in [0.15, 0.2) is 35.8 Å². The summed E-state index contributed by atoms with van der Waals surface area (Å²) in [4.78, 5) is 22.1. The summed E-state index contributed by atoms with van der Waals surface area (Å²) in [5, 5.41) is 0. The monoisotopic (exact) mass is 315 g/mol. The largest absolute Gasteiger partial charge is 0.340 e. The van der Waals surface area contributed by atoms with Crippen LogP contribution in [0.2, 0.25) is 0 Å². The van der Waals surface area contributed by atoms with Crippen LogP contribution in [0.25, 0.3) is 0 Å². The zero-order valence-corrected chi connectivity index (χ0v) is 13.7. The van der Waals surface area contributed by atoms with E-state index in [1.807, 2.05) is 23.4 Å². The lowest BCUT2D eigenvalue weighted by Crippen LogP contribution is -2.48. The third-order valence-electron chi connectivity index (χ3n) is 4.13. The number of hydrogen-bond donors (Lipinski definition) is 0. The van der Waals surface area contributed by atoms with Gasteiger partial charge in [-0.2, -0.15) is 0 Å². The summed E-state index contributed by atoms with van der Waals surface area (Å²) in [5.74, 6) is 0.228. The first kappa shape index (κ1) is 15.2. The Morgan fingerprint density at radius 2 is 1.91 bits per heavy atom. The van der Waals surface area contributed by atoms with Crippen LogP contribution < -0.4 is 0 Å². The van der Waals surface area contributed by atoms with Gasteiger partial charge in [-0.15, -0.1) is 11.3 Å². The molecule has 1 aliphatic rings. The fourth-order valence-corrected chi connectivity index (χ4v) is 3.51. The predicted molar refractivity (Wildman–Crippen MR) is 88.9 cm³/mol. The molecule has 5 heteroatoms. The Bertz CT molecular complexity index is 618. The van der Waals surface area contributed by atoms with Crippen LogP contribution in [0.4, 0.5) is 0 Å². The highest BCUT2D eigenvalue weighted by Crippen LogP contribution is 2.15. The molecule has 22 heavy (non-hydrogen) atoms. The molecular formula is C17H21N3OS. The fraction of sp³-hybridized carbons (Fsp3) is 0.412. The number of aromatic nitrogens is 1. The summed E-state index contributed by atoms with van der Waals surface area (Å²) < 4.78 is 0. The van der Waals surface area contributed by atoms with E-state index in [2.05, 4.69) is 34.1 Å². The predicted octanol–water partition coefficient (Wildman–Crippen LogP) is 2.34. The third-order valence-corrected chi connectivity index (χ3v) is 5.07. The van der Waals surface area contributed by atoms with E-state index < -0.39 is 0 Å². The number of piperazine rings is 1. The molecule has 1 fully saturated rings. The van der Waals surface area contributed by atoms with E-state index >= 15 is 0 Å². The van der Waals surface area contributed by atoms with Gasteiger partial charge in [0.25, 0.3) is 0 Å². The molecule has 2 heterocycles. The van der Waals surface area contributed by atoms with Gasteiger partial charge >= 0.3 is 0 Å². The van der Waals surface area contributed by atoms with Gasteiger partial charge in [0.1, 0.15) is 0 Å². The van der Waals surface area contributed by atoms with Gasteiger partial charge in [-0.1, -0.05) is 30.3 Å². The molecule has 0 saturated carbocycles. The van der Waals surface area contributed by atoms with Crippen molar-refractivity contribution in [2.45, 2.75) is 19.9 Å². The van der Waals surface area contributed by atoms with Crippen molar-refractivity contribution < 1.29 is 4.79 Å². The number of amides is 1. The molecule has 1 amide bonds. The minimum absolute atomic E-state index is 0.228. The average Bonchev–Trinajstić information content (AvgIpc) is 2.94. The normalized spacial score (nSPS) is 16.0. The Labute approximate surface area is 135 Å². The zero-order chi connectivity index (χ0) is 15.4. The van der Waals surface area contributed by atoms with Crippen LogP contribution >= 0.6 is 11.3 Å². The highest BCUT2D eigenvalue weighted by molar-refractivity contribution is 7.09. The van der Waals surface area contributed by atoms with Crippen LogP contribution in [-0.2, 0) is 17.8 Å². The maximum atomic E-state index is 12.4. The van der Waals surface area contributed by atoms with E-state index in [0.717, 1.165) is 43.3 Å². The number of nitrogens with zero attached hydrogens (tertiary/aromatic N) is 3. The second kappa shape index (κ2) is 7.03.